The molecule has 0 aromatic heterocycles. The van der Waals surface area contributed by atoms with Crippen molar-refractivity contribution in [3.63, 3.8) is 0 Å². The zero-order valence-electron chi connectivity index (χ0n) is 12.2. The fourth-order valence-electron chi connectivity index (χ4n) is 2.43. The van der Waals surface area contributed by atoms with Crippen molar-refractivity contribution in [1.29, 1.82) is 0 Å². The van der Waals surface area contributed by atoms with E-state index in [0.29, 0.717) is 12.2 Å². The molecule has 8 heteroatoms. The van der Waals surface area contributed by atoms with Gasteiger partial charge < -0.3 is 10.0 Å². The minimum absolute atomic E-state index is 0.110. The topological polar surface area (TPSA) is 95.0 Å². The molecule has 7 nitrogen and oxygen atoms in total. The Balaban J connectivity index is 2.28. The largest absolute Gasteiger partial charge is 0.480 e. The smallest absolute Gasteiger partial charge is 0.327 e. The quantitative estimate of drug-likeness (QED) is 0.887. The van der Waals surface area contributed by atoms with Gasteiger partial charge in [0.15, 0.2) is 9.84 Å². The van der Waals surface area contributed by atoms with Gasteiger partial charge in [-0.05, 0) is 19.1 Å². The molecule has 0 radical (unpaired) electrons. The molecule has 2 rings (SSSR count). The van der Waals surface area contributed by atoms with Crippen molar-refractivity contribution in [1.82, 2.24) is 4.90 Å². The van der Waals surface area contributed by atoms with Gasteiger partial charge in [0.1, 0.15) is 6.04 Å². The Kier molecular flexibility index (Phi) is 4.70. The number of sulfone groups is 1. The molecule has 1 atom stereocenters. The second-order valence-electron chi connectivity index (χ2n) is 5.02. The van der Waals surface area contributed by atoms with E-state index >= 15 is 0 Å². The van der Waals surface area contributed by atoms with Crippen molar-refractivity contribution in [2.24, 2.45) is 0 Å². The van der Waals surface area contributed by atoms with Crippen molar-refractivity contribution in [3.05, 3.63) is 30.3 Å². The van der Waals surface area contributed by atoms with Crippen LogP contribution in [0.1, 0.15) is 6.92 Å². The fourth-order valence-corrected chi connectivity index (χ4v) is 3.88. The number of carboxylic acid groups (broad SMARTS) is 1. The molecule has 2 amide bonds. The van der Waals surface area contributed by atoms with E-state index < -0.39 is 33.6 Å². The monoisotopic (exact) mass is 326 g/mol. The highest BCUT2D eigenvalue weighted by atomic mass is 32.2. The van der Waals surface area contributed by atoms with E-state index in [9.17, 15) is 23.1 Å². The maximum Gasteiger partial charge on any atom is 0.327 e. The van der Waals surface area contributed by atoms with E-state index in [0.717, 1.165) is 4.90 Å². The molecular weight excluding hydrogens is 308 g/mol. The molecule has 1 N–H and O–H groups in total. The Bertz CT molecular complexity index is 659. The average molecular weight is 326 g/mol. The van der Waals surface area contributed by atoms with Crippen molar-refractivity contribution < 1.29 is 23.1 Å². The predicted molar refractivity (Wildman–Crippen MR) is 81.6 cm³/mol. The highest BCUT2D eigenvalue weighted by Gasteiger charge is 2.40. The van der Waals surface area contributed by atoms with Gasteiger partial charge in [0.05, 0.1) is 11.5 Å². The Morgan fingerprint density at radius 3 is 2.50 bits per heavy atom. The highest BCUT2D eigenvalue weighted by Crippen LogP contribution is 2.19. The van der Waals surface area contributed by atoms with Crippen molar-refractivity contribution in [3.8, 4) is 0 Å². The summed E-state index contributed by atoms with van der Waals surface area (Å²) in [4.78, 5) is 26.5. The zero-order valence-corrected chi connectivity index (χ0v) is 13.0. The van der Waals surface area contributed by atoms with Crippen LogP contribution in [0.5, 0.6) is 0 Å². The third-order valence-corrected chi connectivity index (χ3v) is 5.21. The van der Waals surface area contributed by atoms with Crippen molar-refractivity contribution >= 4 is 27.5 Å². The van der Waals surface area contributed by atoms with E-state index in [-0.39, 0.29) is 12.3 Å². The van der Waals surface area contributed by atoms with Gasteiger partial charge in [0, 0.05) is 18.8 Å². The molecule has 0 bridgehead atoms. The molecule has 22 heavy (non-hydrogen) atoms. The molecule has 120 valence electrons. The van der Waals surface area contributed by atoms with Crippen molar-refractivity contribution in [2.45, 2.75) is 13.0 Å². The van der Waals surface area contributed by atoms with E-state index in [1.807, 2.05) is 6.07 Å². The molecule has 0 spiro atoms. The molecule has 1 aliphatic heterocycles. The van der Waals surface area contributed by atoms with Crippen LogP contribution in [0.2, 0.25) is 0 Å². The SMILES string of the molecule is CCN(C(=O)N1CCS(=O)(=O)CC1C(=O)O)c1ccccc1. The van der Waals surface area contributed by atoms with Gasteiger partial charge in [-0.2, -0.15) is 0 Å². The first-order chi connectivity index (χ1) is 10.4. The van der Waals surface area contributed by atoms with Crippen LogP contribution >= 0.6 is 0 Å². The summed E-state index contributed by atoms with van der Waals surface area (Å²) in [5.41, 5.74) is 0.646. The summed E-state index contributed by atoms with van der Waals surface area (Å²) in [7, 11) is -3.43. The first kappa shape index (κ1) is 16.3. The molecular formula is C14H18N2O5S. The number of nitrogens with zero attached hydrogens (tertiary/aromatic N) is 2. The molecule has 0 saturated carbocycles. The normalized spacial score (nSPS) is 20.4. The van der Waals surface area contributed by atoms with Crippen LogP contribution in [0.3, 0.4) is 0 Å². The van der Waals surface area contributed by atoms with Crippen LogP contribution in [0.15, 0.2) is 30.3 Å². The average Bonchev–Trinajstić information content (AvgIpc) is 2.48. The molecule has 1 saturated heterocycles. The molecule has 1 aromatic carbocycles. The maximum absolute atomic E-state index is 12.6. The number of amides is 2. The van der Waals surface area contributed by atoms with Crippen LogP contribution < -0.4 is 4.90 Å². The molecule has 0 aliphatic carbocycles. The van der Waals surface area contributed by atoms with Crippen LogP contribution in [0.25, 0.3) is 0 Å². The predicted octanol–water partition coefficient (Wildman–Crippen LogP) is 0.817. The Labute approximate surface area is 129 Å². The van der Waals surface area contributed by atoms with Gasteiger partial charge in [0.2, 0.25) is 0 Å². The second kappa shape index (κ2) is 6.35. The Hall–Kier alpha value is -2.09. The Morgan fingerprint density at radius 2 is 1.95 bits per heavy atom. The fraction of sp³-hybridized carbons (Fsp3) is 0.429. The number of carboxylic acids is 1. The van der Waals surface area contributed by atoms with Crippen LogP contribution in [0.4, 0.5) is 10.5 Å². The lowest BCUT2D eigenvalue weighted by Crippen LogP contribution is -2.58. The number of aliphatic carboxylic acids is 1. The highest BCUT2D eigenvalue weighted by molar-refractivity contribution is 7.91. The first-order valence-electron chi connectivity index (χ1n) is 6.92. The number of rotatable bonds is 3. The minimum Gasteiger partial charge on any atom is -0.480 e. The van der Waals surface area contributed by atoms with E-state index in [2.05, 4.69) is 0 Å². The first-order valence-corrected chi connectivity index (χ1v) is 8.74. The number of para-hydroxylation sites is 1. The van der Waals surface area contributed by atoms with E-state index in [4.69, 9.17) is 0 Å². The number of urea groups is 1. The summed E-state index contributed by atoms with van der Waals surface area (Å²) in [6.07, 6.45) is 0. The van der Waals surface area contributed by atoms with Crippen LogP contribution in [-0.4, -0.2) is 61.1 Å². The van der Waals surface area contributed by atoms with E-state index in [1.54, 1.807) is 31.2 Å². The lowest BCUT2D eigenvalue weighted by Gasteiger charge is -2.36. The molecule has 1 aliphatic rings. The van der Waals surface area contributed by atoms with Gasteiger partial charge >= 0.3 is 12.0 Å². The summed E-state index contributed by atoms with van der Waals surface area (Å²) in [5.74, 6) is -2.06. The molecule has 1 aromatic rings. The maximum atomic E-state index is 12.6. The third kappa shape index (κ3) is 3.38. The number of hydrogen-bond acceptors (Lipinski definition) is 4. The molecule has 1 heterocycles. The third-order valence-electron chi connectivity index (χ3n) is 3.58. The second-order valence-corrected chi connectivity index (χ2v) is 7.25. The summed E-state index contributed by atoms with van der Waals surface area (Å²) in [6, 6.07) is 7.03. The van der Waals surface area contributed by atoms with Crippen LogP contribution in [-0.2, 0) is 14.6 Å². The lowest BCUT2D eigenvalue weighted by molar-refractivity contribution is -0.141. The number of carbonyl (C=O) groups is 2. The number of benzene rings is 1. The number of hydrogen-bond donors (Lipinski definition) is 1. The summed E-state index contributed by atoms with van der Waals surface area (Å²) in [6.45, 7) is 2.03. The zero-order chi connectivity index (χ0) is 16.3. The van der Waals surface area contributed by atoms with Gasteiger partial charge in [-0.3, -0.25) is 4.90 Å². The van der Waals surface area contributed by atoms with Crippen LogP contribution in [0, 0.1) is 0 Å². The minimum atomic E-state index is -3.43. The van der Waals surface area contributed by atoms with Crippen molar-refractivity contribution in [2.75, 3.05) is 29.5 Å². The van der Waals surface area contributed by atoms with Gasteiger partial charge in [-0.25, -0.2) is 18.0 Å². The summed E-state index contributed by atoms with van der Waals surface area (Å²) in [5, 5.41) is 9.24. The number of anilines is 1. The Morgan fingerprint density at radius 1 is 1.32 bits per heavy atom. The number of carbonyl (C=O) groups excluding carboxylic acids is 1. The van der Waals surface area contributed by atoms with E-state index in [1.165, 1.54) is 4.90 Å². The lowest BCUT2D eigenvalue weighted by atomic mass is 10.2. The van der Waals surface area contributed by atoms with Gasteiger partial charge in [-0.1, -0.05) is 18.2 Å². The summed E-state index contributed by atoms with van der Waals surface area (Å²) < 4.78 is 23.3. The van der Waals surface area contributed by atoms with Gasteiger partial charge in [-0.15, -0.1) is 0 Å². The molecule has 1 unspecified atom stereocenters. The molecule has 1 fully saturated rings. The van der Waals surface area contributed by atoms with Gasteiger partial charge in [0.25, 0.3) is 0 Å². The standard InChI is InChI=1S/C14H18N2O5S/c1-2-15(11-6-4-3-5-7-11)14(19)16-8-9-22(20,21)10-12(16)13(17)18/h3-7,12H,2,8-10H2,1H3,(H,17,18). The summed E-state index contributed by atoms with van der Waals surface area (Å²) >= 11 is 0.